The standard InChI is InChI=1S/C29H31Cl2F4NO4/c1-15(2)8-25(38)26(39)19(9-16-6-7-16)14-24(37)23(12-17-10-21(30)27(40)22(31)11-17)36-28(29(33,34)35)18-4-3-5-20(32)13-18/h3-5,10-11,13,15-16,19,23,28,36,40H,6-9,12,14H2,1-2H3/t19-,23+,28+/m1/s1. The highest BCUT2D eigenvalue weighted by Gasteiger charge is 2.43. The van der Waals surface area contributed by atoms with Gasteiger partial charge < -0.3 is 5.11 Å². The molecular weight excluding hydrogens is 573 g/mol. The summed E-state index contributed by atoms with van der Waals surface area (Å²) in [5.41, 5.74) is -0.190. The highest BCUT2D eigenvalue weighted by molar-refractivity contribution is 6.38. The molecule has 2 aromatic rings. The van der Waals surface area contributed by atoms with Crippen LogP contribution in [-0.2, 0) is 20.8 Å². The van der Waals surface area contributed by atoms with Gasteiger partial charge in [0, 0.05) is 18.8 Å². The molecule has 3 atom stereocenters. The Morgan fingerprint density at radius 2 is 1.68 bits per heavy atom. The Hall–Kier alpha value is -2.49. The zero-order valence-electron chi connectivity index (χ0n) is 22.0. The Kier molecular flexibility index (Phi) is 10.8. The number of rotatable bonds is 14. The fourth-order valence-electron chi connectivity index (χ4n) is 4.63. The number of carbonyl (C=O) groups is 3. The topological polar surface area (TPSA) is 83.5 Å². The van der Waals surface area contributed by atoms with Gasteiger partial charge >= 0.3 is 6.18 Å². The number of aromatic hydroxyl groups is 1. The van der Waals surface area contributed by atoms with Gasteiger partial charge in [-0.2, -0.15) is 13.2 Å². The van der Waals surface area contributed by atoms with E-state index in [4.69, 9.17) is 23.2 Å². The van der Waals surface area contributed by atoms with Crippen molar-refractivity contribution in [3.8, 4) is 5.75 Å². The van der Waals surface area contributed by atoms with Crippen molar-refractivity contribution in [2.45, 2.75) is 70.6 Å². The number of alkyl halides is 3. The van der Waals surface area contributed by atoms with E-state index in [2.05, 4.69) is 5.32 Å². The van der Waals surface area contributed by atoms with E-state index < -0.39 is 65.1 Å². The number of hydrogen-bond acceptors (Lipinski definition) is 5. The average molecular weight is 604 g/mol. The van der Waals surface area contributed by atoms with Crippen molar-refractivity contribution in [1.82, 2.24) is 5.32 Å². The third-order valence-corrected chi connectivity index (χ3v) is 7.36. The van der Waals surface area contributed by atoms with Crippen molar-refractivity contribution < 1.29 is 37.1 Å². The Bertz CT molecular complexity index is 1220. The van der Waals surface area contributed by atoms with E-state index in [9.17, 15) is 37.1 Å². The molecule has 0 unspecified atom stereocenters. The lowest BCUT2D eigenvalue weighted by molar-refractivity contribution is -0.161. The number of hydrogen-bond donors (Lipinski definition) is 2. The lowest BCUT2D eigenvalue weighted by Crippen LogP contribution is -2.46. The van der Waals surface area contributed by atoms with Gasteiger partial charge in [0.1, 0.15) is 11.9 Å². The highest BCUT2D eigenvalue weighted by atomic mass is 35.5. The first-order valence-corrected chi connectivity index (χ1v) is 13.8. The first-order valence-electron chi connectivity index (χ1n) is 13.0. The summed E-state index contributed by atoms with van der Waals surface area (Å²) in [7, 11) is 0. The quantitative estimate of drug-likeness (QED) is 0.176. The maximum absolute atomic E-state index is 14.2. The molecule has 218 valence electrons. The van der Waals surface area contributed by atoms with E-state index in [0.29, 0.717) is 6.42 Å². The second kappa shape index (κ2) is 13.4. The minimum Gasteiger partial charge on any atom is -0.505 e. The van der Waals surface area contributed by atoms with Crippen molar-refractivity contribution in [2.75, 3.05) is 0 Å². The van der Waals surface area contributed by atoms with E-state index in [-0.39, 0.29) is 40.3 Å². The summed E-state index contributed by atoms with van der Waals surface area (Å²) in [4.78, 5) is 39.2. The first-order chi connectivity index (χ1) is 18.6. The van der Waals surface area contributed by atoms with Crippen molar-refractivity contribution in [1.29, 1.82) is 0 Å². The minimum atomic E-state index is -4.91. The maximum Gasteiger partial charge on any atom is 0.407 e. The third kappa shape index (κ3) is 9.01. The molecule has 1 aliphatic rings. The molecule has 2 N–H and O–H groups in total. The van der Waals surface area contributed by atoms with Gasteiger partial charge in [0.05, 0.1) is 16.1 Å². The molecule has 0 saturated heterocycles. The first kappa shape index (κ1) is 32.0. The summed E-state index contributed by atoms with van der Waals surface area (Å²) in [5.74, 6) is -4.19. The van der Waals surface area contributed by atoms with Crippen LogP contribution >= 0.6 is 23.2 Å². The summed E-state index contributed by atoms with van der Waals surface area (Å²) in [6.45, 7) is 3.56. The summed E-state index contributed by atoms with van der Waals surface area (Å²) < 4.78 is 56.5. The minimum absolute atomic E-state index is 0.0100. The Morgan fingerprint density at radius 1 is 1.05 bits per heavy atom. The lowest BCUT2D eigenvalue weighted by Gasteiger charge is -2.28. The number of ketones is 3. The number of phenolic OH excluding ortho intramolecular Hbond substituents is 1. The van der Waals surface area contributed by atoms with Crippen LogP contribution in [0.5, 0.6) is 5.75 Å². The van der Waals surface area contributed by atoms with E-state index in [1.54, 1.807) is 13.8 Å². The van der Waals surface area contributed by atoms with Gasteiger partial charge in [-0.1, -0.05) is 62.0 Å². The zero-order chi connectivity index (χ0) is 29.8. The van der Waals surface area contributed by atoms with Crippen molar-refractivity contribution in [3.05, 3.63) is 63.4 Å². The summed E-state index contributed by atoms with van der Waals surface area (Å²) in [5, 5.41) is 11.9. The molecular formula is C29H31Cl2F4NO4. The molecule has 3 rings (SSSR count). The van der Waals surface area contributed by atoms with E-state index in [1.807, 2.05) is 0 Å². The molecule has 0 heterocycles. The molecule has 0 amide bonds. The lowest BCUT2D eigenvalue weighted by atomic mass is 9.85. The van der Waals surface area contributed by atoms with Gasteiger partial charge in [0.2, 0.25) is 5.78 Å². The van der Waals surface area contributed by atoms with Gasteiger partial charge in [-0.25, -0.2) is 4.39 Å². The number of benzene rings is 2. The molecule has 0 spiro atoms. The van der Waals surface area contributed by atoms with Crippen LogP contribution in [0.3, 0.4) is 0 Å². The monoisotopic (exact) mass is 603 g/mol. The number of phenols is 1. The van der Waals surface area contributed by atoms with Crippen LogP contribution in [0.25, 0.3) is 0 Å². The van der Waals surface area contributed by atoms with Crippen LogP contribution in [0.1, 0.15) is 63.1 Å². The van der Waals surface area contributed by atoms with E-state index in [1.165, 1.54) is 12.1 Å². The fourth-order valence-corrected chi connectivity index (χ4v) is 5.16. The van der Waals surface area contributed by atoms with Crippen LogP contribution in [0.4, 0.5) is 17.6 Å². The molecule has 0 aliphatic heterocycles. The van der Waals surface area contributed by atoms with Gasteiger partial charge in [0.15, 0.2) is 17.3 Å². The Labute approximate surface area is 240 Å². The number of halogens is 6. The number of carbonyl (C=O) groups excluding carboxylic acids is 3. The highest BCUT2D eigenvalue weighted by Crippen LogP contribution is 2.38. The normalized spacial score (nSPS) is 16.0. The van der Waals surface area contributed by atoms with Gasteiger partial charge in [-0.05, 0) is 60.1 Å². The summed E-state index contributed by atoms with van der Waals surface area (Å²) in [6, 6.07) is 2.57. The number of Topliss-reactive ketones (excluding diaryl/α,β-unsaturated/α-hetero) is 3. The molecule has 40 heavy (non-hydrogen) atoms. The molecule has 2 aromatic carbocycles. The maximum atomic E-state index is 14.2. The van der Waals surface area contributed by atoms with Gasteiger partial charge in [-0.15, -0.1) is 0 Å². The van der Waals surface area contributed by atoms with Crippen molar-refractivity contribution in [3.63, 3.8) is 0 Å². The predicted molar refractivity (Wildman–Crippen MR) is 144 cm³/mol. The zero-order valence-corrected chi connectivity index (χ0v) is 23.5. The molecule has 0 radical (unpaired) electrons. The van der Waals surface area contributed by atoms with Gasteiger partial charge in [0.25, 0.3) is 0 Å². The van der Waals surface area contributed by atoms with Crippen molar-refractivity contribution >= 4 is 40.6 Å². The summed E-state index contributed by atoms with van der Waals surface area (Å²) in [6.07, 6.45) is -3.68. The van der Waals surface area contributed by atoms with E-state index in [0.717, 1.165) is 37.1 Å². The van der Waals surface area contributed by atoms with Crippen LogP contribution in [-0.4, -0.2) is 34.7 Å². The van der Waals surface area contributed by atoms with Gasteiger partial charge in [-0.3, -0.25) is 19.7 Å². The molecule has 1 saturated carbocycles. The Balaban J connectivity index is 1.96. The second-order valence-corrected chi connectivity index (χ2v) is 11.6. The molecule has 5 nitrogen and oxygen atoms in total. The molecule has 1 aliphatic carbocycles. The third-order valence-electron chi connectivity index (χ3n) is 6.78. The fraction of sp³-hybridized carbons (Fsp3) is 0.483. The van der Waals surface area contributed by atoms with Crippen LogP contribution < -0.4 is 5.32 Å². The van der Waals surface area contributed by atoms with E-state index >= 15 is 0 Å². The Morgan fingerprint density at radius 3 is 2.20 bits per heavy atom. The van der Waals surface area contributed by atoms with Crippen molar-refractivity contribution in [2.24, 2.45) is 17.8 Å². The largest absolute Gasteiger partial charge is 0.505 e. The van der Waals surface area contributed by atoms with Crippen LogP contribution in [0.15, 0.2) is 36.4 Å². The van der Waals surface area contributed by atoms with Crippen LogP contribution in [0.2, 0.25) is 10.0 Å². The molecule has 0 bridgehead atoms. The molecule has 1 fully saturated rings. The summed E-state index contributed by atoms with van der Waals surface area (Å²) >= 11 is 12.0. The second-order valence-electron chi connectivity index (χ2n) is 10.8. The molecule has 11 heteroatoms. The average Bonchev–Trinajstić information content (AvgIpc) is 3.66. The predicted octanol–water partition coefficient (Wildman–Crippen LogP) is 7.20. The SMILES string of the molecule is CC(C)CC(=O)C(=O)[C@@H](CC(=O)[C@H](Cc1cc(Cl)c(O)c(Cl)c1)N[C@@H](c1cccc(F)c1)C(F)(F)F)CC1CC1. The van der Waals surface area contributed by atoms with Crippen LogP contribution in [0, 0.1) is 23.6 Å². The number of nitrogens with one attached hydrogen (secondary N) is 1. The molecule has 0 aromatic heterocycles. The smallest absolute Gasteiger partial charge is 0.407 e.